The van der Waals surface area contributed by atoms with Crippen molar-refractivity contribution in [2.45, 2.75) is 12.5 Å². The minimum atomic E-state index is -2.50. The lowest BCUT2D eigenvalue weighted by Gasteiger charge is -2.39. The number of rotatable bonds is 4. The molecule has 53 heavy (non-hydrogen) atoms. The lowest BCUT2D eigenvalue weighted by Crippen LogP contribution is -2.34. The van der Waals surface area contributed by atoms with E-state index in [9.17, 15) is 0 Å². The first kappa shape index (κ1) is 26.9. The molecule has 1 atom stereocenters. The Bertz CT molecular complexity index is 3160. The van der Waals surface area contributed by atoms with Crippen LogP contribution < -0.4 is 4.74 Å². The second-order valence-electron chi connectivity index (χ2n) is 13.8. The summed E-state index contributed by atoms with van der Waals surface area (Å²) in [4.78, 5) is 0. The Hall–Kier alpha value is -6.84. The van der Waals surface area contributed by atoms with Gasteiger partial charge >= 0.3 is 0 Å². The maximum Gasteiger partial charge on any atom is 0.157 e. The highest BCUT2D eigenvalue weighted by Crippen LogP contribution is 2.51. The summed E-state index contributed by atoms with van der Waals surface area (Å²) in [5, 5.41) is 4.70. The summed E-state index contributed by atoms with van der Waals surface area (Å²) in [6.45, 7) is -2.50. The summed E-state index contributed by atoms with van der Waals surface area (Å²) in [5.74, 6) is 0.534. The maximum absolute atomic E-state index is 8.91. The first-order valence-electron chi connectivity index (χ1n) is 19.5. The van der Waals surface area contributed by atoms with E-state index >= 15 is 0 Å². The monoisotopic (exact) mass is 681 g/mol. The molecule has 3 heterocycles. The second kappa shape index (κ2) is 11.3. The molecule has 8 aromatic carbocycles. The molecule has 0 radical (unpaired) electrons. The molecule has 3 heteroatoms. The quantitative estimate of drug-likeness (QED) is 0.181. The number of nitrogens with zero attached hydrogens (tertiary/aromatic N) is 2. The average molecular weight is 682 g/mol. The minimum absolute atomic E-state index is 0.534. The number of benzene rings is 8. The van der Waals surface area contributed by atoms with Crippen LogP contribution >= 0.6 is 0 Å². The van der Waals surface area contributed by atoms with Crippen molar-refractivity contribution in [2.75, 3.05) is 0 Å². The van der Waals surface area contributed by atoms with E-state index in [-0.39, 0.29) is 0 Å². The van der Waals surface area contributed by atoms with E-state index in [4.69, 9.17) is 8.85 Å². The molecule has 10 aromatic rings. The first-order chi connectivity index (χ1) is 27.4. The van der Waals surface area contributed by atoms with Gasteiger partial charge in [0.2, 0.25) is 0 Å². The van der Waals surface area contributed by atoms with Gasteiger partial charge in [0.05, 0.1) is 27.8 Å². The molecule has 2 aromatic heterocycles. The summed E-state index contributed by atoms with van der Waals surface area (Å²) < 4.78 is 38.2. The van der Waals surface area contributed by atoms with Gasteiger partial charge in [-0.15, -0.1) is 0 Å². The average Bonchev–Trinajstić information content (AvgIpc) is 3.75. The molecule has 0 saturated carbocycles. The molecule has 250 valence electrons. The summed E-state index contributed by atoms with van der Waals surface area (Å²) in [6.07, 6.45) is 0. The van der Waals surface area contributed by atoms with Gasteiger partial charge < -0.3 is 13.9 Å². The minimum Gasteiger partial charge on any atom is -0.477 e. The van der Waals surface area contributed by atoms with Crippen LogP contribution in [-0.2, 0) is 5.60 Å². The van der Waals surface area contributed by atoms with Gasteiger partial charge in [-0.2, -0.15) is 0 Å². The number of aromatic nitrogens is 2. The Balaban J connectivity index is 1.11. The zero-order valence-electron chi connectivity index (χ0n) is 31.7. The lowest BCUT2D eigenvalue weighted by atomic mass is 9.80. The van der Waals surface area contributed by atoms with Crippen molar-refractivity contribution in [1.29, 1.82) is 0 Å². The fraction of sp³-hybridized carbons (Fsp3) is 0.0400. The number of hydrogen-bond acceptors (Lipinski definition) is 1. The standard InChI is InChI=1S/C50H34N2O/c1-50(35-15-4-2-5-16-35)42-22-11-8-21-39(42)49-47(25-14-26-48(49)53-50)52-44-24-13-10-20-38(44)41-32-34(28-30-46(41)52)33-27-29-45-40(31-33)37-19-9-12-23-43(37)51(45)36-17-6-3-7-18-36/h2-32H,1H3/i1D3. The van der Waals surface area contributed by atoms with Gasteiger partial charge in [-0.1, -0.05) is 127 Å². The zero-order chi connectivity index (χ0) is 37.6. The van der Waals surface area contributed by atoms with Gasteiger partial charge in [-0.05, 0) is 89.8 Å². The Morgan fingerprint density at radius 2 is 1.04 bits per heavy atom. The van der Waals surface area contributed by atoms with E-state index in [2.05, 4.69) is 130 Å². The van der Waals surface area contributed by atoms with Crippen LogP contribution in [0.4, 0.5) is 0 Å². The van der Waals surface area contributed by atoms with Crippen LogP contribution in [0.5, 0.6) is 5.75 Å². The highest BCUT2D eigenvalue weighted by molar-refractivity contribution is 6.13. The van der Waals surface area contributed by atoms with Crippen LogP contribution in [0.1, 0.15) is 22.1 Å². The Kier molecular flexibility index (Phi) is 5.75. The number of para-hydroxylation sites is 3. The third-order valence-corrected chi connectivity index (χ3v) is 11.0. The Labute approximate surface area is 311 Å². The molecule has 0 spiro atoms. The molecule has 0 N–H and O–H groups in total. The van der Waals surface area contributed by atoms with Crippen molar-refractivity contribution in [3.05, 3.63) is 199 Å². The molecule has 1 aliphatic heterocycles. The van der Waals surface area contributed by atoms with Crippen LogP contribution in [0, 0.1) is 0 Å². The van der Waals surface area contributed by atoms with E-state index in [0.29, 0.717) is 16.9 Å². The largest absolute Gasteiger partial charge is 0.477 e. The van der Waals surface area contributed by atoms with E-state index < -0.39 is 12.5 Å². The van der Waals surface area contributed by atoms with Crippen molar-refractivity contribution in [3.8, 4) is 39.4 Å². The highest BCUT2D eigenvalue weighted by atomic mass is 16.5. The van der Waals surface area contributed by atoms with Crippen molar-refractivity contribution in [3.63, 3.8) is 0 Å². The summed E-state index contributed by atoms with van der Waals surface area (Å²) >= 11 is 0. The van der Waals surface area contributed by atoms with Gasteiger partial charge in [-0.25, -0.2) is 0 Å². The van der Waals surface area contributed by atoms with Crippen molar-refractivity contribution in [1.82, 2.24) is 9.13 Å². The summed E-state index contributed by atoms with van der Waals surface area (Å²) in [7, 11) is 0. The predicted molar refractivity (Wildman–Crippen MR) is 220 cm³/mol. The molecule has 1 aliphatic rings. The molecule has 0 bridgehead atoms. The fourth-order valence-electron chi connectivity index (χ4n) is 8.60. The maximum atomic E-state index is 8.91. The number of hydrogen-bond donors (Lipinski definition) is 0. The van der Waals surface area contributed by atoms with Crippen LogP contribution in [0.25, 0.3) is 77.2 Å². The summed E-state index contributed by atoms with van der Waals surface area (Å²) in [6, 6.07) is 64.3. The molecule has 3 nitrogen and oxygen atoms in total. The van der Waals surface area contributed by atoms with Gasteiger partial charge in [0.15, 0.2) is 5.60 Å². The number of ether oxygens (including phenoxy) is 1. The molecule has 0 saturated heterocycles. The lowest BCUT2D eigenvalue weighted by molar-refractivity contribution is 0.129. The third-order valence-electron chi connectivity index (χ3n) is 11.0. The van der Waals surface area contributed by atoms with Crippen molar-refractivity contribution < 1.29 is 8.85 Å². The van der Waals surface area contributed by atoms with Crippen molar-refractivity contribution >= 4 is 43.6 Å². The Morgan fingerprint density at radius 3 is 1.74 bits per heavy atom. The van der Waals surface area contributed by atoms with E-state index in [1.54, 1.807) is 0 Å². The first-order valence-corrected chi connectivity index (χ1v) is 18.0. The van der Waals surface area contributed by atoms with Gasteiger partial charge in [0.1, 0.15) is 5.75 Å². The number of fused-ring (bicyclic) bond motifs is 9. The molecule has 11 rings (SSSR count). The molecule has 0 aliphatic carbocycles. The van der Waals surface area contributed by atoms with Gasteiger partial charge in [-0.3, -0.25) is 0 Å². The molecule has 0 fully saturated rings. The molecule has 1 unspecified atom stereocenters. The van der Waals surface area contributed by atoms with E-state index in [0.717, 1.165) is 55.4 Å². The molecular weight excluding hydrogens is 645 g/mol. The van der Waals surface area contributed by atoms with Crippen LogP contribution in [0.2, 0.25) is 0 Å². The van der Waals surface area contributed by atoms with Crippen LogP contribution in [0.3, 0.4) is 0 Å². The molecule has 0 amide bonds. The second-order valence-corrected chi connectivity index (χ2v) is 13.8. The smallest absolute Gasteiger partial charge is 0.157 e. The third kappa shape index (κ3) is 4.34. The van der Waals surface area contributed by atoms with E-state index in [1.807, 2.05) is 66.7 Å². The normalized spacial score (nSPS) is 16.2. The Morgan fingerprint density at radius 1 is 0.472 bits per heavy atom. The SMILES string of the molecule is [2H]C([2H])([2H])C1(c2ccccc2)Oc2cccc(-n3c4ccccc4c4cc(-c5ccc6c(c5)c5ccccc5n6-c5ccccc5)ccc43)c2-c2ccccc21. The predicted octanol–water partition coefficient (Wildman–Crippen LogP) is 12.9. The summed E-state index contributed by atoms with van der Waals surface area (Å²) in [5.41, 5.74) is 10.1. The van der Waals surface area contributed by atoms with Crippen molar-refractivity contribution in [2.24, 2.45) is 0 Å². The fourth-order valence-corrected chi connectivity index (χ4v) is 8.60. The topological polar surface area (TPSA) is 19.1 Å². The zero-order valence-corrected chi connectivity index (χ0v) is 28.7. The van der Waals surface area contributed by atoms with Gasteiger partial charge in [0, 0.05) is 42.5 Å². The van der Waals surface area contributed by atoms with Crippen LogP contribution in [-0.4, -0.2) is 9.13 Å². The van der Waals surface area contributed by atoms with Gasteiger partial charge in [0.25, 0.3) is 0 Å². The van der Waals surface area contributed by atoms with E-state index in [1.165, 1.54) is 21.8 Å². The highest BCUT2D eigenvalue weighted by Gasteiger charge is 2.39. The van der Waals surface area contributed by atoms with Crippen LogP contribution in [0.15, 0.2) is 188 Å². The molecular formula is C50H34N2O.